The molecule has 1 aromatic rings. The molecular formula is C16H23NO6S. The van der Waals surface area contributed by atoms with E-state index >= 15 is 0 Å². The molecule has 0 heterocycles. The molecule has 0 aliphatic heterocycles. The molecule has 0 radical (unpaired) electrons. The van der Waals surface area contributed by atoms with E-state index in [0.717, 1.165) is 18.4 Å². The molecule has 1 aromatic carbocycles. The van der Waals surface area contributed by atoms with Crippen molar-refractivity contribution in [3.05, 3.63) is 23.8 Å². The van der Waals surface area contributed by atoms with Gasteiger partial charge in [-0.25, -0.2) is 0 Å². The maximum absolute atomic E-state index is 12.2. The van der Waals surface area contributed by atoms with Crippen molar-refractivity contribution in [2.24, 2.45) is 0 Å². The van der Waals surface area contributed by atoms with Gasteiger partial charge in [0.15, 0.2) is 11.5 Å². The van der Waals surface area contributed by atoms with E-state index in [1.807, 2.05) is 0 Å². The lowest BCUT2D eigenvalue weighted by Crippen LogP contribution is -2.35. The van der Waals surface area contributed by atoms with Crippen LogP contribution >= 0.6 is 0 Å². The Bertz CT molecular complexity index is 684. The zero-order valence-corrected chi connectivity index (χ0v) is 15.0. The van der Waals surface area contributed by atoms with Gasteiger partial charge in [-0.05, 0) is 37.5 Å². The van der Waals surface area contributed by atoms with Crippen molar-refractivity contribution in [2.45, 2.75) is 32.4 Å². The summed E-state index contributed by atoms with van der Waals surface area (Å²) in [7, 11) is -0.732. The van der Waals surface area contributed by atoms with Crippen LogP contribution in [0.3, 0.4) is 0 Å². The summed E-state index contributed by atoms with van der Waals surface area (Å²) in [6.45, 7) is 1.91. The van der Waals surface area contributed by atoms with Crippen LogP contribution in [0.1, 0.15) is 25.3 Å². The lowest BCUT2D eigenvalue weighted by atomic mass is 10.2. The predicted octanol–water partition coefficient (Wildman–Crippen LogP) is 1.56. The molecule has 1 fully saturated rings. The van der Waals surface area contributed by atoms with E-state index < -0.39 is 10.1 Å². The minimum atomic E-state index is -3.66. The Hall–Kier alpha value is -1.80. The van der Waals surface area contributed by atoms with Gasteiger partial charge in [0.2, 0.25) is 5.91 Å². The molecule has 7 nitrogen and oxygen atoms in total. The monoisotopic (exact) mass is 357 g/mol. The largest absolute Gasteiger partial charge is 0.493 e. The fourth-order valence-corrected chi connectivity index (χ4v) is 2.81. The van der Waals surface area contributed by atoms with Crippen molar-refractivity contribution >= 4 is 16.0 Å². The summed E-state index contributed by atoms with van der Waals surface area (Å²) in [5.41, 5.74) is 0.772. The first-order chi connectivity index (χ1) is 11.4. The zero-order chi connectivity index (χ0) is 17.7. The molecule has 0 aromatic heterocycles. The molecule has 24 heavy (non-hydrogen) atoms. The average Bonchev–Trinajstić information content (AvgIpc) is 3.37. The number of methoxy groups -OCH3 is 2. The molecule has 1 aliphatic rings. The minimum Gasteiger partial charge on any atom is -0.493 e. The fraction of sp³-hybridized carbons (Fsp3) is 0.562. The van der Waals surface area contributed by atoms with Gasteiger partial charge >= 0.3 is 10.1 Å². The number of hydrogen-bond acceptors (Lipinski definition) is 6. The van der Waals surface area contributed by atoms with Crippen LogP contribution in [0.2, 0.25) is 0 Å². The zero-order valence-electron chi connectivity index (χ0n) is 14.1. The second kappa shape index (κ2) is 7.85. The summed E-state index contributed by atoms with van der Waals surface area (Å²) in [6, 6.07) is 5.25. The Balaban J connectivity index is 2.22. The summed E-state index contributed by atoms with van der Waals surface area (Å²) in [5, 5.41) is 0. The number of amides is 1. The van der Waals surface area contributed by atoms with Gasteiger partial charge in [-0.15, -0.1) is 0 Å². The Morgan fingerprint density at radius 3 is 2.50 bits per heavy atom. The molecule has 0 saturated heterocycles. The van der Waals surface area contributed by atoms with Gasteiger partial charge in [-0.2, -0.15) is 8.42 Å². The van der Waals surface area contributed by atoms with Gasteiger partial charge in [0.05, 0.1) is 12.9 Å². The number of benzene rings is 1. The summed E-state index contributed by atoms with van der Waals surface area (Å²) in [6.07, 6.45) is 1.94. The highest BCUT2D eigenvalue weighted by atomic mass is 32.2. The van der Waals surface area contributed by atoms with Crippen LogP contribution in [0.5, 0.6) is 11.5 Å². The SMILES string of the molecule is CCS(=O)(=O)Oc1cc(CN(C(=O)COC)C2CC2)ccc1OC. The maximum atomic E-state index is 12.2. The lowest BCUT2D eigenvalue weighted by molar-refractivity contribution is -0.136. The third-order valence-corrected chi connectivity index (χ3v) is 4.87. The van der Waals surface area contributed by atoms with E-state index in [2.05, 4.69) is 0 Å². The van der Waals surface area contributed by atoms with Crippen molar-refractivity contribution < 1.29 is 26.9 Å². The maximum Gasteiger partial charge on any atom is 0.309 e. The Kier molecular flexibility index (Phi) is 6.06. The lowest BCUT2D eigenvalue weighted by Gasteiger charge is -2.22. The standard InChI is InChI=1S/C16H23NO6S/c1-4-24(19,20)23-15-9-12(5-8-14(15)22-3)10-17(13-6-7-13)16(18)11-21-2/h5,8-9,13H,4,6-7,10-11H2,1-3H3. The van der Waals surface area contributed by atoms with Crippen LogP contribution in [0.15, 0.2) is 18.2 Å². The first kappa shape index (κ1) is 18.5. The number of ether oxygens (including phenoxy) is 2. The van der Waals surface area contributed by atoms with Crippen molar-refractivity contribution in [3.63, 3.8) is 0 Å². The first-order valence-corrected chi connectivity index (χ1v) is 9.35. The average molecular weight is 357 g/mol. The second-order valence-electron chi connectivity index (χ2n) is 5.60. The Labute approximate surface area is 142 Å². The van der Waals surface area contributed by atoms with E-state index in [-0.39, 0.29) is 30.1 Å². The van der Waals surface area contributed by atoms with Crippen LogP contribution in [0.25, 0.3) is 0 Å². The molecule has 8 heteroatoms. The summed E-state index contributed by atoms with van der Waals surface area (Å²) in [5.74, 6) is 0.240. The third kappa shape index (κ3) is 4.85. The highest BCUT2D eigenvalue weighted by Gasteiger charge is 2.32. The van der Waals surface area contributed by atoms with Gasteiger partial charge in [0, 0.05) is 19.7 Å². The van der Waals surface area contributed by atoms with E-state index in [1.165, 1.54) is 21.1 Å². The highest BCUT2D eigenvalue weighted by molar-refractivity contribution is 7.87. The topological polar surface area (TPSA) is 82.1 Å². The van der Waals surface area contributed by atoms with Gasteiger partial charge in [0.25, 0.3) is 0 Å². The summed E-state index contributed by atoms with van der Waals surface area (Å²) < 4.78 is 38.6. The number of carbonyl (C=O) groups excluding carboxylic acids is 1. The second-order valence-corrected chi connectivity index (χ2v) is 7.46. The number of hydrogen-bond donors (Lipinski definition) is 0. The Morgan fingerprint density at radius 1 is 1.25 bits per heavy atom. The Morgan fingerprint density at radius 2 is 1.96 bits per heavy atom. The predicted molar refractivity (Wildman–Crippen MR) is 88.5 cm³/mol. The van der Waals surface area contributed by atoms with Crippen LogP contribution in [0, 0.1) is 0 Å². The number of carbonyl (C=O) groups is 1. The molecule has 1 aliphatic carbocycles. The molecule has 0 bridgehead atoms. The van der Waals surface area contributed by atoms with E-state index in [4.69, 9.17) is 13.7 Å². The molecule has 134 valence electrons. The number of nitrogens with zero attached hydrogens (tertiary/aromatic N) is 1. The molecule has 1 amide bonds. The first-order valence-electron chi connectivity index (χ1n) is 7.77. The van der Waals surface area contributed by atoms with E-state index in [9.17, 15) is 13.2 Å². The molecule has 1 saturated carbocycles. The van der Waals surface area contributed by atoms with Gasteiger partial charge in [0.1, 0.15) is 6.61 Å². The van der Waals surface area contributed by atoms with Crippen molar-refractivity contribution in [1.82, 2.24) is 4.90 Å². The molecular weight excluding hydrogens is 334 g/mol. The number of rotatable bonds is 9. The summed E-state index contributed by atoms with van der Waals surface area (Å²) >= 11 is 0. The molecule has 2 rings (SSSR count). The molecule has 0 spiro atoms. The van der Waals surface area contributed by atoms with E-state index in [0.29, 0.717) is 12.3 Å². The molecule has 0 N–H and O–H groups in total. The summed E-state index contributed by atoms with van der Waals surface area (Å²) in [4.78, 5) is 13.9. The van der Waals surface area contributed by atoms with Crippen LogP contribution in [-0.4, -0.2) is 51.8 Å². The normalized spacial score (nSPS) is 14.3. The van der Waals surface area contributed by atoms with Crippen molar-refractivity contribution in [3.8, 4) is 11.5 Å². The fourth-order valence-electron chi connectivity index (χ4n) is 2.29. The van der Waals surface area contributed by atoms with Crippen LogP contribution in [-0.2, 0) is 26.2 Å². The highest BCUT2D eigenvalue weighted by Crippen LogP contribution is 2.32. The van der Waals surface area contributed by atoms with E-state index in [1.54, 1.807) is 23.1 Å². The van der Waals surface area contributed by atoms with Gasteiger partial charge < -0.3 is 18.6 Å². The smallest absolute Gasteiger partial charge is 0.309 e. The van der Waals surface area contributed by atoms with Gasteiger partial charge in [-0.1, -0.05) is 6.07 Å². The van der Waals surface area contributed by atoms with Crippen LogP contribution in [0.4, 0.5) is 0 Å². The van der Waals surface area contributed by atoms with Crippen molar-refractivity contribution in [2.75, 3.05) is 26.6 Å². The van der Waals surface area contributed by atoms with Gasteiger partial charge in [-0.3, -0.25) is 4.79 Å². The molecule has 0 atom stereocenters. The molecule has 0 unspecified atom stereocenters. The van der Waals surface area contributed by atoms with Crippen molar-refractivity contribution in [1.29, 1.82) is 0 Å². The van der Waals surface area contributed by atoms with Crippen LogP contribution < -0.4 is 8.92 Å². The quantitative estimate of drug-likeness (QED) is 0.624. The third-order valence-electron chi connectivity index (χ3n) is 3.73. The minimum absolute atomic E-state index is 0.0280.